The molecule has 0 bridgehead atoms. The fraction of sp³-hybridized carbons (Fsp3) is 0. The molecule has 5 heteroatoms. The second kappa shape index (κ2) is 7.92. The highest BCUT2D eigenvalue weighted by Crippen LogP contribution is 2.25. The normalized spacial score (nSPS) is 10.1. The van der Waals surface area contributed by atoms with Crippen LogP contribution in [0.15, 0.2) is 84.9 Å². The number of para-hydroxylation sites is 2. The Morgan fingerprint density at radius 1 is 0.800 bits per heavy atom. The number of anilines is 2. The summed E-state index contributed by atoms with van der Waals surface area (Å²) < 4.78 is 0. The molecule has 0 spiro atoms. The quantitative estimate of drug-likeness (QED) is 0.647. The van der Waals surface area contributed by atoms with Gasteiger partial charge < -0.3 is 0 Å². The Labute approximate surface area is 156 Å². The molecule has 0 aliphatic rings. The Kier molecular flexibility index (Phi) is 5.43. The summed E-state index contributed by atoms with van der Waals surface area (Å²) in [5, 5.41) is 3.43. The van der Waals surface area contributed by atoms with Crippen LogP contribution in [0.5, 0.6) is 0 Å². The molecule has 0 atom stereocenters. The average molecular weight is 367 g/mol. The van der Waals surface area contributed by atoms with Gasteiger partial charge in [0.1, 0.15) is 0 Å². The van der Waals surface area contributed by atoms with Crippen molar-refractivity contribution in [3.05, 3.63) is 95.5 Å². The smallest absolute Gasteiger partial charge is 0.258 e. The van der Waals surface area contributed by atoms with E-state index in [2.05, 4.69) is 5.32 Å². The van der Waals surface area contributed by atoms with E-state index in [0.717, 1.165) is 11.4 Å². The maximum absolute atomic E-state index is 12.5. The molecule has 3 rings (SSSR count). The predicted octanol–water partition coefficient (Wildman–Crippen LogP) is 5.19. The monoisotopic (exact) mass is 366 g/mol. The van der Waals surface area contributed by atoms with Crippen molar-refractivity contribution in [2.45, 2.75) is 0 Å². The van der Waals surface area contributed by atoms with Crippen LogP contribution < -0.4 is 10.2 Å². The lowest BCUT2D eigenvalue weighted by Crippen LogP contribution is -2.40. The first-order valence-corrected chi connectivity index (χ1v) is 8.45. The summed E-state index contributed by atoms with van der Waals surface area (Å²) in [5.74, 6) is -0.340. The third-order valence-electron chi connectivity index (χ3n) is 3.57. The number of benzene rings is 3. The van der Waals surface area contributed by atoms with Gasteiger partial charge in [-0.15, -0.1) is 0 Å². The van der Waals surface area contributed by atoms with E-state index in [9.17, 15) is 4.79 Å². The van der Waals surface area contributed by atoms with Crippen molar-refractivity contribution in [3.8, 4) is 0 Å². The number of nitrogens with zero attached hydrogens (tertiary/aromatic N) is 1. The number of hydrogen-bond acceptors (Lipinski definition) is 2. The number of amides is 1. The number of hydrogen-bond donors (Lipinski definition) is 1. The van der Waals surface area contributed by atoms with Crippen LogP contribution in [0.4, 0.5) is 11.4 Å². The van der Waals surface area contributed by atoms with Crippen molar-refractivity contribution in [3.63, 3.8) is 0 Å². The van der Waals surface area contributed by atoms with Crippen molar-refractivity contribution in [1.82, 2.24) is 5.32 Å². The molecule has 0 aliphatic heterocycles. The van der Waals surface area contributed by atoms with Crippen LogP contribution in [-0.4, -0.2) is 11.0 Å². The molecule has 1 amide bonds. The lowest BCUT2D eigenvalue weighted by Gasteiger charge is -2.25. The minimum atomic E-state index is -0.340. The molecule has 124 valence electrons. The molecule has 0 fully saturated rings. The van der Waals surface area contributed by atoms with Gasteiger partial charge in [-0.3, -0.25) is 15.0 Å². The second-order valence-electron chi connectivity index (χ2n) is 5.25. The number of halogens is 1. The van der Waals surface area contributed by atoms with Crippen molar-refractivity contribution in [2.24, 2.45) is 0 Å². The minimum absolute atomic E-state index is 0.280. The lowest BCUT2D eigenvalue weighted by atomic mass is 10.2. The van der Waals surface area contributed by atoms with E-state index in [1.165, 1.54) is 0 Å². The zero-order chi connectivity index (χ0) is 17.6. The van der Waals surface area contributed by atoms with Gasteiger partial charge in [-0.2, -0.15) is 0 Å². The van der Waals surface area contributed by atoms with Crippen molar-refractivity contribution in [2.75, 3.05) is 4.90 Å². The average Bonchev–Trinajstić information content (AvgIpc) is 2.64. The summed E-state index contributed by atoms with van der Waals surface area (Å²) in [6.45, 7) is 0. The fourth-order valence-corrected chi connectivity index (χ4v) is 2.93. The molecule has 25 heavy (non-hydrogen) atoms. The molecule has 0 unspecified atom stereocenters. The van der Waals surface area contributed by atoms with Crippen molar-refractivity contribution < 1.29 is 4.79 Å². The Morgan fingerprint density at radius 3 is 1.80 bits per heavy atom. The number of nitrogens with one attached hydrogen (secondary N) is 1. The van der Waals surface area contributed by atoms with Gasteiger partial charge in [-0.05, 0) is 48.6 Å². The zero-order valence-electron chi connectivity index (χ0n) is 13.2. The summed E-state index contributed by atoms with van der Waals surface area (Å²) in [4.78, 5) is 14.3. The third kappa shape index (κ3) is 4.05. The molecule has 0 aliphatic carbocycles. The van der Waals surface area contributed by atoms with Gasteiger partial charge in [0, 0.05) is 11.4 Å². The van der Waals surface area contributed by atoms with Crippen LogP contribution in [-0.2, 0) is 0 Å². The van der Waals surface area contributed by atoms with Crippen LogP contribution in [0, 0.1) is 0 Å². The van der Waals surface area contributed by atoms with Crippen LogP contribution in [0.3, 0.4) is 0 Å². The van der Waals surface area contributed by atoms with Crippen molar-refractivity contribution in [1.29, 1.82) is 0 Å². The first-order valence-electron chi connectivity index (χ1n) is 7.67. The number of thiocarbonyl (C=S) groups is 1. The second-order valence-corrected chi connectivity index (χ2v) is 6.04. The molecule has 0 saturated heterocycles. The molecule has 0 heterocycles. The molecule has 0 saturated carbocycles. The van der Waals surface area contributed by atoms with Gasteiger partial charge in [-0.1, -0.05) is 60.1 Å². The highest BCUT2D eigenvalue weighted by Gasteiger charge is 2.18. The molecule has 3 aromatic rings. The molecular weight excluding hydrogens is 352 g/mol. The van der Waals surface area contributed by atoms with Crippen LogP contribution in [0.1, 0.15) is 10.4 Å². The Morgan fingerprint density at radius 2 is 1.28 bits per heavy atom. The van der Waals surface area contributed by atoms with E-state index in [1.54, 1.807) is 24.3 Å². The van der Waals surface area contributed by atoms with E-state index in [0.29, 0.717) is 10.6 Å². The lowest BCUT2D eigenvalue weighted by molar-refractivity contribution is 0.0977. The molecular formula is C20H15ClN2OS. The van der Waals surface area contributed by atoms with Gasteiger partial charge in [0.15, 0.2) is 5.11 Å². The first kappa shape index (κ1) is 17.1. The summed E-state index contributed by atoms with van der Waals surface area (Å²) in [6.07, 6.45) is 0. The predicted molar refractivity (Wildman–Crippen MR) is 107 cm³/mol. The Hall–Kier alpha value is -2.69. The van der Waals surface area contributed by atoms with Gasteiger partial charge >= 0.3 is 0 Å². The Balaban J connectivity index is 1.90. The van der Waals surface area contributed by atoms with Crippen molar-refractivity contribution >= 4 is 46.2 Å². The largest absolute Gasteiger partial charge is 0.298 e. The van der Waals surface area contributed by atoms with Crippen LogP contribution in [0.2, 0.25) is 5.02 Å². The third-order valence-corrected chi connectivity index (χ3v) is 4.19. The van der Waals surface area contributed by atoms with Gasteiger partial charge in [-0.25, -0.2) is 0 Å². The SMILES string of the molecule is O=C(NC(=S)N(c1ccccc1)c1ccccc1)c1ccccc1Cl. The molecule has 0 aromatic heterocycles. The van der Waals surface area contributed by atoms with Crippen LogP contribution in [0.25, 0.3) is 0 Å². The first-order chi connectivity index (χ1) is 12.2. The molecule has 1 N–H and O–H groups in total. The van der Waals surface area contributed by atoms with Crippen LogP contribution >= 0.6 is 23.8 Å². The summed E-state index contributed by atoms with van der Waals surface area (Å²) >= 11 is 11.6. The fourth-order valence-electron chi connectivity index (χ4n) is 2.40. The van der Waals surface area contributed by atoms with Gasteiger partial charge in [0.25, 0.3) is 5.91 Å². The topological polar surface area (TPSA) is 32.3 Å². The van der Waals surface area contributed by atoms with E-state index >= 15 is 0 Å². The summed E-state index contributed by atoms with van der Waals surface area (Å²) in [5.41, 5.74) is 2.10. The van der Waals surface area contributed by atoms with Gasteiger partial charge in [0.05, 0.1) is 10.6 Å². The number of carbonyl (C=O) groups excluding carboxylic acids is 1. The van der Waals surface area contributed by atoms with E-state index in [1.807, 2.05) is 65.6 Å². The van der Waals surface area contributed by atoms with E-state index < -0.39 is 0 Å². The molecule has 3 aromatic carbocycles. The van der Waals surface area contributed by atoms with E-state index in [4.69, 9.17) is 23.8 Å². The highest BCUT2D eigenvalue weighted by molar-refractivity contribution is 7.80. The maximum Gasteiger partial charge on any atom is 0.258 e. The number of carbonyl (C=O) groups is 1. The zero-order valence-corrected chi connectivity index (χ0v) is 14.8. The maximum atomic E-state index is 12.5. The standard InChI is InChI=1S/C20H15ClN2OS/c21-18-14-8-7-13-17(18)19(24)22-20(25)23(15-9-3-1-4-10-15)16-11-5-2-6-12-16/h1-14H,(H,22,24,25). The van der Waals surface area contributed by atoms with E-state index in [-0.39, 0.29) is 11.0 Å². The molecule has 0 radical (unpaired) electrons. The van der Waals surface area contributed by atoms with Gasteiger partial charge in [0.2, 0.25) is 0 Å². The molecule has 3 nitrogen and oxygen atoms in total. The number of rotatable bonds is 3. The Bertz CT molecular complexity index is 845. The minimum Gasteiger partial charge on any atom is -0.298 e. The highest BCUT2D eigenvalue weighted by atomic mass is 35.5. The summed E-state index contributed by atoms with van der Waals surface area (Å²) in [7, 11) is 0. The summed E-state index contributed by atoms with van der Waals surface area (Å²) in [6, 6.07) is 26.1.